The van der Waals surface area contributed by atoms with Crippen molar-refractivity contribution in [3.8, 4) is 5.75 Å². The van der Waals surface area contributed by atoms with Crippen LogP contribution in [0.3, 0.4) is 0 Å². The summed E-state index contributed by atoms with van der Waals surface area (Å²) in [5, 5.41) is 2.76. The molecule has 18 heavy (non-hydrogen) atoms. The summed E-state index contributed by atoms with van der Waals surface area (Å²) in [7, 11) is 0. The van der Waals surface area contributed by atoms with Crippen molar-refractivity contribution >= 4 is 17.6 Å². The van der Waals surface area contributed by atoms with Gasteiger partial charge in [-0.3, -0.25) is 9.59 Å². The fourth-order valence-electron chi connectivity index (χ4n) is 1.61. The van der Waals surface area contributed by atoms with Crippen molar-refractivity contribution in [1.82, 2.24) is 0 Å². The van der Waals surface area contributed by atoms with E-state index in [0.29, 0.717) is 24.3 Å². The van der Waals surface area contributed by atoms with E-state index in [0.717, 1.165) is 11.1 Å². The predicted molar refractivity (Wildman–Crippen MR) is 70.8 cm³/mol. The summed E-state index contributed by atoms with van der Waals surface area (Å²) in [4.78, 5) is 22.9. The number of aryl methyl sites for hydroxylation is 2. The van der Waals surface area contributed by atoms with E-state index in [9.17, 15) is 9.59 Å². The number of amides is 1. The van der Waals surface area contributed by atoms with Crippen LogP contribution in [0.1, 0.15) is 37.8 Å². The Hall–Kier alpha value is -1.84. The summed E-state index contributed by atoms with van der Waals surface area (Å²) in [5.74, 6) is 0.0250. The normalized spacial score (nSPS) is 10.0. The Balaban J connectivity index is 3.12. The number of rotatable bonds is 4. The lowest BCUT2D eigenvalue weighted by Crippen LogP contribution is -2.14. The number of nitrogens with one attached hydrogen (secondary N) is 1. The number of benzene rings is 1. The Kier molecular flexibility index (Phi) is 4.89. The molecule has 98 valence electrons. The quantitative estimate of drug-likeness (QED) is 0.659. The Morgan fingerprint density at radius 3 is 2.39 bits per heavy atom. The van der Waals surface area contributed by atoms with E-state index in [4.69, 9.17) is 4.74 Å². The minimum absolute atomic E-state index is 0.103. The van der Waals surface area contributed by atoms with Gasteiger partial charge in [0.05, 0.1) is 5.69 Å². The minimum atomic E-state index is -0.311. The van der Waals surface area contributed by atoms with Crippen LogP contribution in [0.25, 0.3) is 0 Å². The van der Waals surface area contributed by atoms with Crippen molar-refractivity contribution in [3.05, 3.63) is 23.3 Å². The van der Waals surface area contributed by atoms with Crippen molar-refractivity contribution in [2.75, 3.05) is 5.32 Å². The Morgan fingerprint density at radius 1 is 1.17 bits per heavy atom. The molecule has 0 saturated carbocycles. The van der Waals surface area contributed by atoms with E-state index >= 15 is 0 Å². The third-order valence-electron chi connectivity index (χ3n) is 2.52. The highest BCUT2D eigenvalue weighted by molar-refractivity contribution is 5.93. The molecule has 0 aliphatic rings. The van der Waals surface area contributed by atoms with Gasteiger partial charge in [-0.25, -0.2) is 0 Å². The number of anilines is 1. The molecule has 0 spiro atoms. The molecule has 4 nitrogen and oxygen atoms in total. The summed E-state index contributed by atoms with van der Waals surface area (Å²) in [5.41, 5.74) is 2.40. The van der Waals surface area contributed by atoms with Gasteiger partial charge in [0.15, 0.2) is 5.75 Å². The number of hydrogen-bond acceptors (Lipinski definition) is 3. The standard InChI is InChI=1S/C14H19NO3/c1-5-12(16)15-11-8-9(3)7-10(4)14(11)18-13(17)6-2/h7-8H,5-6H2,1-4H3,(H,15,16). The van der Waals surface area contributed by atoms with Crippen LogP contribution in [-0.2, 0) is 9.59 Å². The third-order valence-corrected chi connectivity index (χ3v) is 2.52. The number of ether oxygens (including phenoxy) is 1. The van der Waals surface area contributed by atoms with Gasteiger partial charge in [0.2, 0.25) is 5.91 Å². The maximum absolute atomic E-state index is 11.5. The fourth-order valence-corrected chi connectivity index (χ4v) is 1.61. The molecule has 0 radical (unpaired) electrons. The average Bonchev–Trinajstić information content (AvgIpc) is 2.32. The van der Waals surface area contributed by atoms with E-state index in [1.165, 1.54) is 0 Å². The molecule has 0 saturated heterocycles. The molecular formula is C14H19NO3. The predicted octanol–water partition coefficient (Wildman–Crippen LogP) is 2.97. The van der Waals surface area contributed by atoms with Gasteiger partial charge in [0.1, 0.15) is 0 Å². The summed E-state index contributed by atoms with van der Waals surface area (Å²) in [6, 6.07) is 3.72. The Morgan fingerprint density at radius 2 is 1.83 bits per heavy atom. The molecule has 1 rings (SSSR count). The van der Waals surface area contributed by atoms with Gasteiger partial charge >= 0.3 is 5.97 Å². The molecule has 1 aromatic rings. The number of hydrogen-bond donors (Lipinski definition) is 1. The smallest absolute Gasteiger partial charge is 0.310 e. The molecule has 0 aromatic heterocycles. The van der Waals surface area contributed by atoms with Crippen LogP contribution >= 0.6 is 0 Å². The monoisotopic (exact) mass is 249 g/mol. The molecule has 0 atom stereocenters. The highest BCUT2D eigenvalue weighted by Gasteiger charge is 2.13. The van der Waals surface area contributed by atoms with Crippen molar-refractivity contribution in [2.45, 2.75) is 40.5 Å². The molecule has 0 bridgehead atoms. The van der Waals surface area contributed by atoms with Crippen LogP contribution in [0.15, 0.2) is 12.1 Å². The van der Waals surface area contributed by atoms with Crippen LogP contribution in [0.4, 0.5) is 5.69 Å². The van der Waals surface area contributed by atoms with Crippen LogP contribution < -0.4 is 10.1 Å². The zero-order valence-corrected chi connectivity index (χ0v) is 11.3. The summed E-state index contributed by atoms with van der Waals surface area (Å²) >= 11 is 0. The van der Waals surface area contributed by atoms with E-state index < -0.39 is 0 Å². The summed E-state index contributed by atoms with van der Waals surface area (Å²) in [6.45, 7) is 7.29. The molecule has 1 amide bonds. The minimum Gasteiger partial charge on any atom is -0.424 e. The van der Waals surface area contributed by atoms with Gasteiger partial charge < -0.3 is 10.1 Å². The molecule has 4 heteroatoms. The maximum Gasteiger partial charge on any atom is 0.310 e. The zero-order valence-electron chi connectivity index (χ0n) is 11.3. The molecule has 1 N–H and O–H groups in total. The zero-order chi connectivity index (χ0) is 13.7. The number of carbonyl (C=O) groups excluding carboxylic acids is 2. The molecule has 0 aliphatic heterocycles. The molecule has 0 fully saturated rings. The first-order valence-corrected chi connectivity index (χ1v) is 6.09. The Labute approximate surface area is 107 Å². The lowest BCUT2D eigenvalue weighted by molar-refractivity contribution is -0.134. The summed E-state index contributed by atoms with van der Waals surface area (Å²) in [6.07, 6.45) is 0.683. The van der Waals surface area contributed by atoms with Gasteiger partial charge in [0, 0.05) is 12.8 Å². The Bertz CT molecular complexity index is 466. The van der Waals surface area contributed by atoms with E-state index in [1.54, 1.807) is 19.9 Å². The molecule has 1 aromatic carbocycles. The average molecular weight is 249 g/mol. The van der Waals surface area contributed by atoms with E-state index in [1.807, 2.05) is 19.9 Å². The second kappa shape index (κ2) is 6.19. The van der Waals surface area contributed by atoms with Crippen LogP contribution in [0.2, 0.25) is 0 Å². The highest BCUT2D eigenvalue weighted by atomic mass is 16.5. The topological polar surface area (TPSA) is 55.4 Å². The number of esters is 1. The van der Waals surface area contributed by atoms with Gasteiger partial charge in [-0.05, 0) is 31.0 Å². The van der Waals surface area contributed by atoms with Gasteiger partial charge in [0.25, 0.3) is 0 Å². The second-order valence-corrected chi connectivity index (χ2v) is 4.19. The van der Waals surface area contributed by atoms with Crippen molar-refractivity contribution < 1.29 is 14.3 Å². The van der Waals surface area contributed by atoms with Gasteiger partial charge in [-0.15, -0.1) is 0 Å². The van der Waals surface area contributed by atoms with Crippen LogP contribution in [0.5, 0.6) is 5.75 Å². The van der Waals surface area contributed by atoms with Crippen molar-refractivity contribution in [3.63, 3.8) is 0 Å². The molecule has 0 aliphatic carbocycles. The lowest BCUT2D eigenvalue weighted by Gasteiger charge is -2.14. The van der Waals surface area contributed by atoms with Gasteiger partial charge in [-0.2, -0.15) is 0 Å². The maximum atomic E-state index is 11.5. The first-order chi connectivity index (χ1) is 8.47. The van der Waals surface area contributed by atoms with E-state index in [-0.39, 0.29) is 11.9 Å². The first-order valence-electron chi connectivity index (χ1n) is 6.09. The lowest BCUT2D eigenvalue weighted by atomic mass is 10.1. The van der Waals surface area contributed by atoms with Crippen molar-refractivity contribution in [2.24, 2.45) is 0 Å². The SMILES string of the molecule is CCC(=O)Nc1cc(C)cc(C)c1OC(=O)CC. The molecule has 0 heterocycles. The molecule has 0 unspecified atom stereocenters. The second-order valence-electron chi connectivity index (χ2n) is 4.19. The van der Waals surface area contributed by atoms with Crippen LogP contribution in [0, 0.1) is 13.8 Å². The number of carbonyl (C=O) groups is 2. The van der Waals surface area contributed by atoms with Crippen molar-refractivity contribution in [1.29, 1.82) is 0 Å². The highest BCUT2D eigenvalue weighted by Crippen LogP contribution is 2.30. The largest absolute Gasteiger partial charge is 0.424 e. The van der Waals surface area contributed by atoms with Gasteiger partial charge in [-0.1, -0.05) is 19.9 Å². The summed E-state index contributed by atoms with van der Waals surface area (Å²) < 4.78 is 5.27. The third kappa shape index (κ3) is 3.58. The fraction of sp³-hybridized carbons (Fsp3) is 0.429. The molecular weight excluding hydrogens is 230 g/mol. The van der Waals surface area contributed by atoms with E-state index in [2.05, 4.69) is 5.32 Å². The van der Waals surface area contributed by atoms with Crippen LogP contribution in [-0.4, -0.2) is 11.9 Å². The first kappa shape index (κ1) is 14.2.